The van der Waals surface area contributed by atoms with E-state index in [9.17, 15) is 4.79 Å². The lowest BCUT2D eigenvalue weighted by Crippen LogP contribution is -2.25. The molecule has 1 aliphatic carbocycles. The molecule has 5 heteroatoms. The zero-order valence-electron chi connectivity index (χ0n) is 9.89. The lowest BCUT2D eigenvalue weighted by atomic mass is 10.1. The van der Waals surface area contributed by atoms with Gasteiger partial charge < -0.3 is 5.32 Å². The first-order chi connectivity index (χ1) is 8.84. The van der Waals surface area contributed by atoms with Crippen LogP contribution in [0, 0.1) is 5.92 Å². The highest BCUT2D eigenvalue weighted by Crippen LogP contribution is 2.28. The Morgan fingerprint density at radius 2 is 2.33 bits per heavy atom. The number of nitrogens with zero attached hydrogens (tertiary/aromatic N) is 2. The number of pyridine rings is 1. The van der Waals surface area contributed by atoms with Gasteiger partial charge in [0.05, 0.1) is 17.5 Å². The highest BCUT2D eigenvalue weighted by Gasteiger charge is 2.23. The Balaban J connectivity index is 1.80. The Morgan fingerprint density at radius 1 is 1.44 bits per heavy atom. The van der Waals surface area contributed by atoms with Crippen LogP contribution in [0.3, 0.4) is 0 Å². The molecule has 1 aliphatic rings. The maximum atomic E-state index is 12.0. The van der Waals surface area contributed by atoms with Crippen molar-refractivity contribution in [3.63, 3.8) is 0 Å². The van der Waals surface area contributed by atoms with E-state index in [1.54, 1.807) is 18.6 Å². The van der Waals surface area contributed by atoms with Crippen LogP contribution < -0.4 is 5.32 Å². The molecular weight excluding hydrogens is 228 g/mol. The number of rotatable bonds is 4. The van der Waals surface area contributed by atoms with Crippen LogP contribution in [0.25, 0.3) is 11.3 Å². The van der Waals surface area contributed by atoms with Crippen molar-refractivity contribution in [1.82, 2.24) is 20.5 Å². The summed E-state index contributed by atoms with van der Waals surface area (Å²) in [6.07, 6.45) is 7.42. The first-order valence-corrected chi connectivity index (χ1v) is 6.06. The smallest absolute Gasteiger partial charge is 0.255 e. The predicted octanol–water partition coefficient (Wildman–Crippen LogP) is 1.61. The summed E-state index contributed by atoms with van der Waals surface area (Å²) >= 11 is 0. The van der Waals surface area contributed by atoms with E-state index in [4.69, 9.17) is 0 Å². The molecule has 0 aromatic carbocycles. The first kappa shape index (κ1) is 11.0. The standard InChI is InChI=1S/C13H14N4O/c18-13(15-6-9-3-4-9)11-8-16-17-12(11)10-2-1-5-14-7-10/h1-2,5,7-9H,3-4,6H2,(H,15,18)(H,16,17). The number of hydrogen-bond acceptors (Lipinski definition) is 3. The van der Waals surface area contributed by atoms with Crippen molar-refractivity contribution in [2.24, 2.45) is 5.92 Å². The second-order valence-corrected chi connectivity index (χ2v) is 4.55. The van der Waals surface area contributed by atoms with Gasteiger partial charge in [-0.25, -0.2) is 0 Å². The minimum Gasteiger partial charge on any atom is -0.352 e. The van der Waals surface area contributed by atoms with Gasteiger partial charge in [0.2, 0.25) is 0 Å². The molecule has 0 bridgehead atoms. The number of H-pyrrole nitrogens is 1. The molecule has 0 saturated heterocycles. The van der Waals surface area contributed by atoms with Gasteiger partial charge in [0, 0.05) is 24.5 Å². The molecule has 5 nitrogen and oxygen atoms in total. The first-order valence-electron chi connectivity index (χ1n) is 6.06. The van der Waals surface area contributed by atoms with Gasteiger partial charge in [0.1, 0.15) is 0 Å². The van der Waals surface area contributed by atoms with Crippen LogP contribution in [-0.2, 0) is 0 Å². The van der Waals surface area contributed by atoms with Crippen molar-refractivity contribution < 1.29 is 4.79 Å². The van der Waals surface area contributed by atoms with Crippen LogP contribution >= 0.6 is 0 Å². The molecule has 0 aliphatic heterocycles. The Kier molecular flexibility index (Phi) is 2.80. The van der Waals surface area contributed by atoms with Crippen molar-refractivity contribution in [3.8, 4) is 11.3 Å². The predicted molar refractivity (Wildman–Crippen MR) is 66.9 cm³/mol. The Hall–Kier alpha value is -2.17. The van der Waals surface area contributed by atoms with Crippen molar-refractivity contribution >= 4 is 5.91 Å². The minimum absolute atomic E-state index is 0.0745. The molecule has 0 atom stereocenters. The highest BCUT2D eigenvalue weighted by molar-refractivity contribution is 5.99. The number of aromatic amines is 1. The molecule has 0 unspecified atom stereocenters. The summed E-state index contributed by atoms with van der Waals surface area (Å²) in [6.45, 7) is 0.760. The molecule has 3 rings (SSSR count). The van der Waals surface area contributed by atoms with Gasteiger partial charge in [-0.3, -0.25) is 14.9 Å². The average Bonchev–Trinajstić information content (AvgIpc) is 3.11. The third-order valence-electron chi connectivity index (χ3n) is 3.08. The van der Waals surface area contributed by atoms with E-state index >= 15 is 0 Å². The van der Waals surface area contributed by atoms with Crippen LogP contribution in [0.4, 0.5) is 0 Å². The van der Waals surface area contributed by atoms with E-state index < -0.39 is 0 Å². The van der Waals surface area contributed by atoms with Gasteiger partial charge in [-0.1, -0.05) is 0 Å². The van der Waals surface area contributed by atoms with Crippen molar-refractivity contribution in [1.29, 1.82) is 0 Å². The third kappa shape index (κ3) is 2.25. The lowest BCUT2D eigenvalue weighted by Gasteiger charge is -2.04. The molecule has 2 N–H and O–H groups in total. The maximum absolute atomic E-state index is 12.0. The fourth-order valence-electron chi connectivity index (χ4n) is 1.84. The number of aromatic nitrogens is 3. The van der Waals surface area contributed by atoms with Crippen LogP contribution in [0.2, 0.25) is 0 Å². The van der Waals surface area contributed by atoms with Gasteiger partial charge in [-0.2, -0.15) is 5.10 Å². The van der Waals surface area contributed by atoms with Gasteiger partial charge >= 0.3 is 0 Å². The van der Waals surface area contributed by atoms with E-state index in [-0.39, 0.29) is 5.91 Å². The molecular formula is C13H14N4O. The molecule has 1 amide bonds. The van der Waals surface area contributed by atoms with E-state index in [0.717, 1.165) is 17.8 Å². The van der Waals surface area contributed by atoms with Gasteiger partial charge in [0.15, 0.2) is 0 Å². The Bertz CT molecular complexity index is 545. The number of nitrogens with one attached hydrogen (secondary N) is 2. The molecule has 0 radical (unpaired) electrons. The van der Waals surface area contributed by atoms with Crippen LogP contribution in [0.5, 0.6) is 0 Å². The topological polar surface area (TPSA) is 70.7 Å². The van der Waals surface area contributed by atoms with E-state index in [1.807, 2.05) is 12.1 Å². The molecule has 92 valence electrons. The Morgan fingerprint density at radius 3 is 3.06 bits per heavy atom. The van der Waals surface area contributed by atoms with E-state index in [1.165, 1.54) is 12.8 Å². The molecule has 1 fully saturated rings. The fraction of sp³-hybridized carbons (Fsp3) is 0.308. The minimum atomic E-state index is -0.0745. The average molecular weight is 242 g/mol. The third-order valence-corrected chi connectivity index (χ3v) is 3.08. The monoisotopic (exact) mass is 242 g/mol. The molecule has 2 aromatic heterocycles. The van der Waals surface area contributed by atoms with Crippen LogP contribution in [-0.4, -0.2) is 27.6 Å². The number of hydrogen-bond donors (Lipinski definition) is 2. The van der Waals surface area contributed by atoms with E-state index in [0.29, 0.717) is 11.5 Å². The van der Waals surface area contributed by atoms with Crippen LogP contribution in [0.1, 0.15) is 23.2 Å². The zero-order valence-corrected chi connectivity index (χ0v) is 9.89. The van der Waals surface area contributed by atoms with Crippen molar-refractivity contribution in [2.45, 2.75) is 12.8 Å². The number of carbonyl (C=O) groups excluding carboxylic acids is 1. The molecule has 18 heavy (non-hydrogen) atoms. The van der Waals surface area contributed by atoms with E-state index in [2.05, 4.69) is 20.5 Å². The summed E-state index contributed by atoms with van der Waals surface area (Å²) in [5.41, 5.74) is 2.16. The zero-order chi connectivity index (χ0) is 12.4. The normalized spacial score (nSPS) is 14.4. The van der Waals surface area contributed by atoms with Crippen molar-refractivity contribution in [2.75, 3.05) is 6.54 Å². The number of amides is 1. The summed E-state index contributed by atoms with van der Waals surface area (Å²) in [4.78, 5) is 16.1. The SMILES string of the molecule is O=C(NCC1CC1)c1cn[nH]c1-c1cccnc1. The number of carbonyl (C=O) groups is 1. The fourth-order valence-corrected chi connectivity index (χ4v) is 1.84. The largest absolute Gasteiger partial charge is 0.352 e. The summed E-state index contributed by atoms with van der Waals surface area (Å²) in [5, 5.41) is 9.74. The second kappa shape index (κ2) is 4.60. The van der Waals surface area contributed by atoms with Crippen molar-refractivity contribution in [3.05, 3.63) is 36.3 Å². The summed E-state index contributed by atoms with van der Waals surface area (Å²) in [6, 6.07) is 3.74. The molecule has 0 spiro atoms. The highest BCUT2D eigenvalue weighted by atomic mass is 16.1. The molecule has 2 aromatic rings. The summed E-state index contributed by atoms with van der Waals surface area (Å²) < 4.78 is 0. The second-order valence-electron chi connectivity index (χ2n) is 4.55. The Labute approximate surface area is 105 Å². The quantitative estimate of drug-likeness (QED) is 0.855. The van der Waals surface area contributed by atoms with Crippen LogP contribution in [0.15, 0.2) is 30.7 Å². The molecule has 2 heterocycles. The molecule has 1 saturated carbocycles. The maximum Gasteiger partial charge on any atom is 0.255 e. The summed E-state index contributed by atoms with van der Waals surface area (Å²) in [5.74, 6) is 0.595. The van der Waals surface area contributed by atoms with Gasteiger partial charge in [-0.05, 0) is 30.9 Å². The lowest BCUT2D eigenvalue weighted by molar-refractivity contribution is 0.0952. The van der Waals surface area contributed by atoms with Gasteiger partial charge in [-0.15, -0.1) is 0 Å². The summed E-state index contributed by atoms with van der Waals surface area (Å²) in [7, 11) is 0. The van der Waals surface area contributed by atoms with Gasteiger partial charge in [0.25, 0.3) is 5.91 Å².